The van der Waals surface area contributed by atoms with Crippen molar-refractivity contribution in [2.24, 2.45) is 0 Å². The summed E-state index contributed by atoms with van der Waals surface area (Å²) in [5, 5.41) is 2.68. The fourth-order valence-corrected chi connectivity index (χ4v) is 2.98. The van der Waals surface area contributed by atoms with Crippen LogP contribution in [0.25, 0.3) is 0 Å². The summed E-state index contributed by atoms with van der Waals surface area (Å²) in [4.78, 5) is 50.1. The fourth-order valence-electron chi connectivity index (χ4n) is 2.98. The van der Waals surface area contributed by atoms with Gasteiger partial charge in [0.1, 0.15) is 6.04 Å². The SMILES string of the molecule is Cc1ccc(C)c(NC(=O)COC(=O)C(C)N2C(=O)c3ccccc3C2=O)c1. The van der Waals surface area contributed by atoms with Gasteiger partial charge in [0.15, 0.2) is 6.61 Å². The first-order valence-electron chi connectivity index (χ1n) is 8.80. The van der Waals surface area contributed by atoms with E-state index in [2.05, 4.69) is 5.32 Å². The molecule has 144 valence electrons. The molecule has 1 aliphatic rings. The summed E-state index contributed by atoms with van der Waals surface area (Å²) in [6.45, 7) is 4.64. The molecule has 7 nitrogen and oxygen atoms in total. The predicted molar refractivity (Wildman–Crippen MR) is 102 cm³/mol. The number of benzene rings is 2. The summed E-state index contributed by atoms with van der Waals surface area (Å²) in [6, 6.07) is 10.8. The molecule has 28 heavy (non-hydrogen) atoms. The van der Waals surface area contributed by atoms with Crippen molar-refractivity contribution in [1.82, 2.24) is 4.90 Å². The van der Waals surface area contributed by atoms with E-state index in [-0.39, 0.29) is 11.1 Å². The Morgan fingerprint density at radius 3 is 2.25 bits per heavy atom. The molecule has 0 aliphatic carbocycles. The minimum Gasteiger partial charge on any atom is -0.454 e. The van der Waals surface area contributed by atoms with Crippen molar-refractivity contribution in [2.75, 3.05) is 11.9 Å². The number of anilines is 1. The molecule has 2 aromatic carbocycles. The largest absolute Gasteiger partial charge is 0.454 e. The Labute approximate surface area is 162 Å². The van der Waals surface area contributed by atoms with Crippen LogP contribution in [0.4, 0.5) is 5.69 Å². The zero-order valence-electron chi connectivity index (χ0n) is 15.8. The van der Waals surface area contributed by atoms with Gasteiger partial charge in [-0.25, -0.2) is 4.79 Å². The molecule has 2 aromatic rings. The lowest BCUT2D eigenvalue weighted by atomic mass is 10.1. The smallest absolute Gasteiger partial charge is 0.329 e. The molecule has 0 saturated carbocycles. The summed E-state index contributed by atoms with van der Waals surface area (Å²) in [5.74, 6) is -2.43. The zero-order valence-corrected chi connectivity index (χ0v) is 15.8. The van der Waals surface area contributed by atoms with Crippen molar-refractivity contribution in [2.45, 2.75) is 26.8 Å². The molecule has 3 rings (SSSR count). The highest BCUT2D eigenvalue weighted by atomic mass is 16.5. The lowest BCUT2D eigenvalue weighted by molar-refractivity contribution is -0.150. The summed E-state index contributed by atoms with van der Waals surface area (Å²) < 4.78 is 5.02. The number of carbonyl (C=O) groups is 4. The van der Waals surface area contributed by atoms with Crippen molar-refractivity contribution in [3.05, 3.63) is 64.7 Å². The van der Waals surface area contributed by atoms with E-state index in [0.29, 0.717) is 5.69 Å². The maximum absolute atomic E-state index is 12.4. The molecule has 1 unspecified atom stereocenters. The third-order valence-electron chi connectivity index (χ3n) is 4.57. The van der Waals surface area contributed by atoms with E-state index in [0.717, 1.165) is 16.0 Å². The van der Waals surface area contributed by atoms with Crippen LogP contribution in [-0.2, 0) is 14.3 Å². The molecule has 0 bridgehead atoms. The molecule has 1 N–H and O–H groups in total. The Bertz CT molecular complexity index is 948. The summed E-state index contributed by atoms with van der Waals surface area (Å²) in [5.41, 5.74) is 3.00. The van der Waals surface area contributed by atoms with Crippen LogP contribution in [0.15, 0.2) is 42.5 Å². The van der Waals surface area contributed by atoms with Crippen molar-refractivity contribution in [1.29, 1.82) is 0 Å². The zero-order chi connectivity index (χ0) is 20.4. The molecule has 3 amide bonds. The maximum atomic E-state index is 12.4. The molecule has 7 heteroatoms. The molecule has 1 atom stereocenters. The second kappa shape index (κ2) is 7.64. The number of amides is 3. The van der Waals surface area contributed by atoms with Gasteiger partial charge < -0.3 is 10.1 Å². The quantitative estimate of drug-likeness (QED) is 0.635. The lowest BCUT2D eigenvalue weighted by Gasteiger charge is -2.20. The Morgan fingerprint density at radius 2 is 1.64 bits per heavy atom. The highest BCUT2D eigenvalue weighted by Crippen LogP contribution is 2.24. The number of esters is 1. The lowest BCUT2D eigenvalue weighted by Crippen LogP contribution is -2.44. The van der Waals surface area contributed by atoms with Gasteiger partial charge in [-0.05, 0) is 50.1 Å². The van der Waals surface area contributed by atoms with Crippen molar-refractivity contribution >= 4 is 29.4 Å². The van der Waals surface area contributed by atoms with E-state index >= 15 is 0 Å². The van der Waals surface area contributed by atoms with Crippen LogP contribution in [0.2, 0.25) is 0 Å². The maximum Gasteiger partial charge on any atom is 0.329 e. The molecule has 0 radical (unpaired) electrons. The van der Waals surface area contributed by atoms with Gasteiger partial charge in [0.05, 0.1) is 11.1 Å². The number of hydrogen-bond donors (Lipinski definition) is 1. The summed E-state index contributed by atoms with van der Waals surface area (Å²) in [6.07, 6.45) is 0. The highest BCUT2D eigenvalue weighted by Gasteiger charge is 2.41. The van der Waals surface area contributed by atoms with E-state index in [4.69, 9.17) is 4.74 Å². The first-order valence-corrected chi connectivity index (χ1v) is 8.80. The number of ether oxygens (including phenoxy) is 1. The molecule has 0 saturated heterocycles. The molecular formula is C21H20N2O5. The van der Waals surface area contributed by atoms with Crippen LogP contribution in [-0.4, -0.2) is 41.2 Å². The van der Waals surface area contributed by atoms with Gasteiger partial charge in [0.25, 0.3) is 17.7 Å². The number of rotatable bonds is 5. The van der Waals surface area contributed by atoms with E-state index in [9.17, 15) is 19.2 Å². The topological polar surface area (TPSA) is 92.8 Å². The second-order valence-electron chi connectivity index (χ2n) is 6.68. The second-order valence-corrected chi connectivity index (χ2v) is 6.68. The van der Waals surface area contributed by atoms with Gasteiger partial charge in [0.2, 0.25) is 0 Å². The summed E-state index contributed by atoms with van der Waals surface area (Å²) in [7, 11) is 0. The van der Waals surface area contributed by atoms with Crippen LogP contribution in [0.3, 0.4) is 0 Å². The number of nitrogens with zero attached hydrogens (tertiary/aromatic N) is 1. The van der Waals surface area contributed by atoms with Crippen LogP contribution in [0.1, 0.15) is 38.8 Å². The van der Waals surface area contributed by atoms with Crippen LogP contribution < -0.4 is 5.32 Å². The number of hydrogen-bond acceptors (Lipinski definition) is 5. The highest BCUT2D eigenvalue weighted by molar-refractivity contribution is 6.22. The monoisotopic (exact) mass is 380 g/mol. The van der Waals surface area contributed by atoms with Gasteiger partial charge in [-0.3, -0.25) is 19.3 Å². The number of imide groups is 1. The standard InChI is InChI=1S/C21H20N2O5/c1-12-8-9-13(2)17(10-12)22-18(24)11-28-21(27)14(3)23-19(25)15-6-4-5-7-16(15)20(23)26/h4-10,14H,11H2,1-3H3,(H,22,24). The first kappa shape index (κ1) is 19.3. The van der Waals surface area contributed by atoms with Crippen molar-refractivity contribution in [3.8, 4) is 0 Å². The molecule has 1 aliphatic heterocycles. The van der Waals surface area contributed by atoms with E-state index < -0.39 is 36.3 Å². The van der Waals surface area contributed by atoms with Gasteiger partial charge in [-0.2, -0.15) is 0 Å². The Hall–Kier alpha value is -3.48. The van der Waals surface area contributed by atoms with Crippen molar-refractivity contribution < 1.29 is 23.9 Å². The van der Waals surface area contributed by atoms with Crippen LogP contribution >= 0.6 is 0 Å². The number of fused-ring (bicyclic) bond motifs is 1. The first-order chi connectivity index (χ1) is 13.3. The van der Waals surface area contributed by atoms with E-state index in [1.165, 1.54) is 19.1 Å². The molecule has 0 fully saturated rings. The normalized spacial score (nSPS) is 13.9. The number of carbonyl (C=O) groups excluding carboxylic acids is 4. The van der Waals surface area contributed by atoms with E-state index in [1.54, 1.807) is 12.1 Å². The Morgan fingerprint density at radius 1 is 1.04 bits per heavy atom. The molecule has 1 heterocycles. The number of nitrogens with one attached hydrogen (secondary N) is 1. The average molecular weight is 380 g/mol. The van der Waals surface area contributed by atoms with Crippen molar-refractivity contribution in [3.63, 3.8) is 0 Å². The Kier molecular flexibility index (Phi) is 5.26. The molecular weight excluding hydrogens is 360 g/mol. The minimum absolute atomic E-state index is 0.250. The van der Waals surface area contributed by atoms with Gasteiger partial charge in [-0.1, -0.05) is 24.3 Å². The van der Waals surface area contributed by atoms with Gasteiger partial charge in [-0.15, -0.1) is 0 Å². The van der Waals surface area contributed by atoms with Crippen LogP contribution in [0, 0.1) is 13.8 Å². The molecule has 0 spiro atoms. The molecule has 0 aromatic heterocycles. The summed E-state index contributed by atoms with van der Waals surface area (Å²) >= 11 is 0. The van der Waals surface area contributed by atoms with E-state index in [1.807, 2.05) is 32.0 Å². The van der Waals surface area contributed by atoms with Gasteiger partial charge in [0, 0.05) is 5.69 Å². The average Bonchev–Trinajstić information content (AvgIpc) is 2.93. The number of aryl methyl sites for hydroxylation is 2. The minimum atomic E-state index is -1.14. The van der Waals surface area contributed by atoms with Crippen LogP contribution in [0.5, 0.6) is 0 Å². The van der Waals surface area contributed by atoms with Gasteiger partial charge >= 0.3 is 5.97 Å². The predicted octanol–water partition coefficient (Wildman–Crippen LogP) is 2.47. The third-order valence-corrected chi connectivity index (χ3v) is 4.57. The third kappa shape index (κ3) is 3.64. The Balaban J connectivity index is 1.61. The fraction of sp³-hybridized carbons (Fsp3) is 0.238.